The van der Waals surface area contributed by atoms with E-state index in [2.05, 4.69) is 4.74 Å². The molecule has 16 heteroatoms. The third-order valence-corrected chi connectivity index (χ3v) is 10.0. The van der Waals surface area contributed by atoms with Crippen LogP contribution in [0.3, 0.4) is 0 Å². The SMILES string of the molecule is CS(=O)(=O)Cc1ccc(C(=O)SCC(=O)O[C@@H](Cc2c(Cl)c[n+]([O-])cc2Cl)c2ccc(OC(F)F)c(OCC3CC3)c2)cc1OCC1CC1. The van der Waals surface area contributed by atoms with E-state index < -0.39 is 39.4 Å². The molecule has 0 spiro atoms. The van der Waals surface area contributed by atoms with E-state index in [1.54, 1.807) is 0 Å². The Kier molecular flexibility index (Phi) is 12.2. The summed E-state index contributed by atoms with van der Waals surface area (Å²) in [4.78, 5) is 26.3. The molecule has 0 unspecified atom stereocenters. The minimum Gasteiger partial charge on any atom is -0.619 e. The molecular weight excluding hydrogens is 727 g/mol. The summed E-state index contributed by atoms with van der Waals surface area (Å²) in [5, 5.41) is 11.4. The van der Waals surface area contributed by atoms with Gasteiger partial charge >= 0.3 is 12.6 Å². The molecule has 2 aliphatic carbocycles. The topological polar surface area (TPSA) is 132 Å². The Morgan fingerprint density at radius 3 is 2.18 bits per heavy atom. The lowest BCUT2D eigenvalue weighted by Crippen LogP contribution is -2.25. The molecule has 0 radical (unpaired) electrons. The molecule has 264 valence electrons. The average molecular weight is 761 g/mol. The van der Waals surface area contributed by atoms with Gasteiger partial charge in [-0.1, -0.05) is 47.1 Å². The molecule has 2 aromatic carbocycles. The molecule has 49 heavy (non-hydrogen) atoms. The number of benzene rings is 2. The van der Waals surface area contributed by atoms with E-state index in [0.717, 1.165) is 44.3 Å². The van der Waals surface area contributed by atoms with Crippen LogP contribution in [0.15, 0.2) is 48.8 Å². The molecule has 0 bridgehead atoms. The molecule has 3 aromatic rings. The third kappa shape index (κ3) is 11.3. The monoisotopic (exact) mass is 759 g/mol. The highest BCUT2D eigenvalue weighted by atomic mass is 35.5. The van der Waals surface area contributed by atoms with Crippen LogP contribution in [0.5, 0.6) is 17.2 Å². The predicted octanol–water partition coefficient (Wildman–Crippen LogP) is 6.75. The molecule has 1 heterocycles. The number of hydrogen-bond acceptors (Lipinski definition) is 10. The Morgan fingerprint density at radius 2 is 1.59 bits per heavy atom. The van der Waals surface area contributed by atoms with Gasteiger partial charge in [0.25, 0.3) is 0 Å². The summed E-state index contributed by atoms with van der Waals surface area (Å²) in [6, 6.07) is 8.60. The fraction of sp³-hybridized carbons (Fsp3) is 0.424. The van der Waals surface area contributed by atoms with Crippen LogP contribution in [0.2, 0.25) is 10.0 Å². The van der Waals surface area contributed by atoms with Gasteiger partial charge < -0.3 is 24.2 Å². The van der Waals surface area contributed by atoms with E-state index >= 15 is 0 Å². The quantitative estimate of drug-likeness (QED) is 0.0827. The van der Waals surface area contributed by atoms with Crippen molar-refractivity contribution in [1.82, 2.24) is 0 Å². The zero-order valence-electron chi connectivity index (χ0n) is 26.2. The Balaban J connectivity index is 1.33. The van der Waals surface area contributed by atoms with Gasteiger partial charge in [0.1, 0.15) is 21.9 Å². The van der Waals surface area contributed by atoms with E-state index in [4.69, 9.17) is 37.4 Å². The van der Waals surface area contributed by atoms with Gasteiger partial charge in [0.15, 0.2) is 33.7 Å². The zero-order chi connectivity index (χ0) is 35.3. The van der Waals surface area contributed by atoms with E-state index in [-0.39, 0.29) is 45.9 Å². The molecule has 0 saturated heterocycles. The molecule has 5 rings (SSSR count). The van der Waals surface area contributed by atoms with E-state index in [1.165, 1.54) is 36.4 Å². The van der Waals surface area contributed by atoms with Gasteiger partial charge in [-0.15, -0.1) is 0 Å². The van der Waals surface area contributed by atoms with Crippen LogP contribution in [0.1, 0.15) is 58.8 Å². The summed E-state index contributed by atoms with van der Waals surface area (Å²) in [5.41, 5.74) is 1.26. The second kappa shape index (κ2) is 16.1. The van der Waals surface area contributed by atoms with E-state index in [9.17, 15) is 32.0 Å². The maximum atomic E-state index is 13.2. The zero-order valence-corrected chi connectivity index (χ0v) is 29.4. The van der Waals surface area contributed by atoms with Crippen LogP contribution in [-0.4, -0.2) is 51.3 Å². The van der Waals surface area contributed by atoms with E-state index in [1.807, 2.05) is 0 Å². The van der Waals surface area contributed by atoms with E-state index in [0.29, 0.717) is 57.4 Å². The fourth-order valence-corrected chi connectivity index (χ4v) is 6.78. The van der Waals surface area contributed by atoms with Crippen LogP contribution in [0.4, 0.5) is 8.78 Å². The molecule has 10 nitrogen and oxygen atoms in total. The molecule has 0 N–H and O–H groups in total. The summed E-state index contributed by atoms with van der Waals surface area (Å²) in [6.07, 6.45) is 6.01. The Morgan fingerprint density at radius 1 is 0.959 bits per heavy atom. The molecular formula is C33H33Cl2F2NO9S2. The number of esters is 1. The van der Waals surface area contributed by atoms with Crippen LogP contribution >= 0.6 is 35.0 Å². The average Bonchev–Trinajstić information content (AvgIpc) is 3.95. The molecule has 2 saturated carbocycles. The lowest BCUT2D eigenvalue weighted by atomic mass is 10.0. The smallest absolute Gasteiger partial charge is 0.387 e. The number of hydrogen-bond donors (Lipinski definition) is 0. The number of thioether (sulfide) groups is 1. The van der Waals surface area contributed by atoms with Gasteiger partial charge in [0.2, 0.25) is 5.12 Å². The number of nitrogens with zero attached hydrogens (tertiary/aromatic N) is 1. The molecule has 1 aromatic heterocycles. The van der Waals surface area contributed by atoms with Crippen molar-refractivity contribution in [1.29, 1.82) is 0 Å². The molecule has 0 aliphatic heterocycles. The van der Waals surface area contributed by atoms with Crippen molar-refractivity contribution in [3.63, 3.8) is 0 Å². The number of alkyl halides is 2. The Bertz CT molecular complexity index is 1780. The van der Waals surface area contributed by atoms with Crippen molar-refractivity contribution < 1.29 is 50.5 Å². The first-order chi connectivity index (χ1) is 23.2. The minimum atomic E-state index is -3.37. The van der Waals surface area contributed by atoms with Crippen molar-refractivity contribution in [3.8, 4) is 17.2 Å². The fourth-order valence-electron chi connectivity index (χ4n) is 4.77. The number of ether oxygens (including phenoxy) is 4. The van der Waals surface area contributed by atoms with Crippen LogP contribution in [-0.2, 0) is 31.5 Å². The highest BCUT2D eigenvalue weighted by Gasteiger charge is 2.27. The summed E-state index contributed by atoms with van der Waals surface area (Å²) >= 11 is 13.3. The lowest BCUT2D eigenvalue weighted by Gasteiger charge is -2.21. The van der Waals surface area contributed by atoms with Crippen LogP contribution in [0.25, 0.3) is 0 Å². The predicted molar refractivity (Wildman–Crippen MR) is 179 cm³/mol. The van der Waals surface area contributed by atoms with Crippen molar-refractivity contribution >= 4 is 55.9 Å². The van der Waals surface area contributed by atoms with Crippen molar-refractivity contribution in [2.75, 3.05) is 25.2 Å². The first-order valence-electron chi connectivity index (χ1n) is 15.3. The first kappa shape index (κ1) is 36.9. The van der Waals surface area contributed by atoms with Gasteiger partial charge in [0.05, 0.1) is 24.7 Å². The molecule has 1 atom stereocenters. The number of carbonyl (C=O) groups is 2. The first-order valence-corrected chi connectivity index (χ1v) is 19.1. The van der Waals surface area contributed by atoms with Gasteiger partial charge in [-0.05, 0) is 67.3 Å². The minimum absolute atomic E-state index is 0.00925. The standard InChI is InChI=1S/C33H33Cl2F2NO9S2/c1-49(42,43)18-23-7-6-22(11-28(23)44-15-19-2-3-19)32(40)48-17-31(39)46-29(12-24-25(34)13-38(41)14-26(24)35)21-8-9-27(47-33(36)37)30(10-21)45-16-20-4-5-20/h6-11,13-14,19-20,29,33H,2-5,12,15-18H2,1H3/t29-/m0/s1. The summed E-state index contributed by atoms with van der Waals surface area (Å²) in [6.45, 7) is -2.41. The van der Waals surface area contributed by atoms with Gasteiger partial charge in [-0.25, -0.2) is 8.42 Å². The molecule has 0 amide bonds. The molecule has 2 fully saturated rings. The van der Waals surface area contributed by atoms with Crippen LogP contribution < -0.4 is 18.9 Å². The normalized spacial score (nSPS) is 15.1. The highest BCUT2D eigenvalue weighted by molar-refractivity contribution is 8.14. The Hall–Kier alpha value is -3.33. The van der Waals surface area contributed by atoms with Gasteiger partial charge in [-0.3, -0.25) is 9.59 Å². The number of pyridine rings is 1. The van der Waals surface area contributed by atoms with Crippen molar-refractivity contribution in [2.24, 2.45) is 11.8 Å². The second-order valence-electron chi connectivity index (χ2n) is 12.0. The van der Waals surface area contributed by atoms with Gasteiger partial charge in [-0.2, -0.15) is 13.5 Å². The Labute approximate surface area is 296 Å². The number of aromatic nitrogens is 1. The lowest BCUT2D eigenvalue weighted by molar-refractivity contribution is -0.605. The number of sulfone groups is 1. The summed E-state index contributed by atoms with van der Waals surface area (Å²) in [7, 11) is -3.37. The van der Waals surface area contributed by atoms with Crippen LogP contribution in [0, 0.1) is 17.0 Å². The highest BCUT2D eigenvalue weighted by Crippen LogP contribution is 2.38. The maximum absolute atomic E-state index is 13.2. The third-order valence-electron chi connectivity index (χ3n) is 7.66. The van der Waals surface area contributed by atoms with Crippen molar-refractivity contribution in [3.05, 3.63) is 86.3 Å². The summed E-state index contributed by atoms with van der Waals surface area (Å²) < 4.78 is 72.7. The second-order valence-corrected chi connectivity index (χ2v) is 15.9. The number of rotatable bonds is 17. The number of carbonyl (C=O) groups excluding carboxylic acids is 2. The number of halogens is 4. The van der Waals surface area contributed by atoms with Gasteiger partial charge in [0, 0.05) is 29.4 Å². The largest absolute Gasteiger partial charge is 0.619 e. The maximum Gasteiger partial charge on any atom is 0.387 e. The molecule has 2 aliphatic rings. The van der Waals surface area contributed by atoms with Crippen molar-refractivity contribution in [2.45, 2.75) is 50.6 Å². The summed E-state index contributed by atoms with van der Waals surface area (Å²) in [5.74, 6) is -0.655.